The molecule has 0 saturated heterocycles. The molecule has 0 fully saturated rings. The Kier molecular flexibility index (Phi) is 7.09. The van der Waals surface area contributed by atoms with Gasteiger partial charge in [0.05, 0.1) is 28.8 Å². The fourth-order valence-corrected chi connectivity index (χ4v) is 4.22. The van der Waals surface area contributed by atoms with Gasteiger partial charge < -0.3 is 9.47 Å². The summed E-state index contributed by atoms with van der Waals surface area (Å²) in [6, 6.07) is 29.9. The van der Waals surface area contributed by atoms with Crippen LogP contribution in [-0.4, -0.2) is 28.8 Å². The monoisotopic (exact) mass is 518 g/mol. The molecule has 1 heterocycles. The largest absolute Gasteiger partial charge is 0.497 e. The van der Waals surface area contributed by atoms with Crippen LogP contribution in [0.15, 0.2) is 109 Å². The number of carbonyl (C=O) groups is 2. The van der Waals surface area contributed by atoms with Crippen LogP contribution in [0.4, 0.5) is 5.69 Å². The van der Waals surface area contributed by atoms with Crippen molar-refractivity contribution in [2.45, 2.75) is 6.10 Å². The van der Waals surface area contributed by atoms with Crippen LogP contribution in [0, 0.1) is 10.1 Å². The van der Waals surface area contributed by atoms with Crippen molar-refractivity contribution in [3.05, 3.63) is 136 Å². The molecule has 0 N–H and O–H groups in total. The van der Waals surface area contributed by atoms with E-state index < -0.39 is 22.8 Å². The third kappa shape index (κ3) is 5.35. The zero-order valence-corrected chi connectivity index (χ0v) is 20.8. The fraction of sp³-hybridized carbons (Fsp3) is 0.0645. The number of aromatic nitrogens is 1. The Morgan fingerprint density at radius 3 is 2.18 bits per heavy atom. The number of ether oxygens (including phenoxy) is 2. The molecule has 5 aromatic rings. The predicted molar refractivity (Wildman–Crippen MR) is 146 cm³/mol. The fourth-order valence-electron chi connectivity index (χ4n) is 4.22. The molecule has 0 spiro atoms. The highest BCUT2D eigenvalue weighted by atomic mass is 16.6. The van der Waals surface area contributed by atoms with Gasteiger partial charge in [0.25, 0.3) is 5.69 Å². The lowest BCUT2D eigenvalue weighted by Crippen LogP contribution is -2.20. The molecule has 0 radical (unpaired) electrons. The van der Waals surface area contributed by atoms with Gasteiger partial charge in [0, 0.05) is 34.2 Å². The topological polar surface area (TPSA) is 109 Å². The number of hydrogen-bond acceptors (Lipinski definition) is 7. The molecule has 192 valence electrons. The van der Waals surface area contributed by atoms with Gasteiger partial charge in [-0.25, -0.2) is 9.78 Å². The summed E-state index contributed by atoms with van der Waals surface area (Å²) in [5, 5.41) is 11.7. The first kappa shape index (κ1) is 25.3. The van der Waals surface area contributed by atoms with Crippen molar-refractivity contribution in [3.8, 4) is 17.0 Å². The molecule has 0 aliphatic carbocycles. The number of esters is 1. The van der Waals surface area contributed by atoms with Crippen LogP contribution in [0.2, 0.25) is 0 Å². The lowest BCUT2D eigenvalue weighted by atomic mass is 9.99. The molecule has 8 nitrogen and oxygen atoms in total. The minimum atomic E-state index is -1.32. The van der Waals surface area contributed by atoms with E-state index in [-0.39, 0.29) is 11.3 Å². The first-order chi connectivity index (χ1) is 18.9. The highest BCUT2D eigenvalue weighted by Gasteiger charge is 2.28. The second-order valence-electron chi connectivity index (χ2n) is 8.66. The van der Waals surface area contributed by atoms with E-state index in [1.807, 2.05) is 18.2 Å². The zero-order valence-electron chi connectivity index (χ0n) is 20.8. The smallest absolute Gasteiger partial charge is 0.339 e. The summed E-state index contributed by atoms with van der Waals surface area (Å²) >= 11 is 0. The van der Waals surface area contributed by atoms with E-state index in [0.29, 0.717) is 33.5 Å². The summed E-state index contributed by atoms with van der Waals surface area (Å²) < 4.78 is 11.1. The maximum Gasteiger partial charge on any atom is 0.339 e. The average molecular weight is 519 g/mol. The normalized spacial score (nSPS) is 11.5. The SMILES string of the molecule is COc1ccc(-c2cc(C(=O)O[C@@H](C(=O)c3ccccc3)c3ccc([N+](=O)[O-])cc3)c3ccccc3n2)cc1. The molecule has 5 rings (SSSR count). The Bertz CT molecular complexity index is 1670. The number of methoxy groups -OCH3 is 1. The minimum absolute atomic E-state index is 0.139. The van der Waals surface area contributed by atoms with Gasteiger partial charge in [-0.3, -0.25) is 14.9 Å². The Hall–Kier alpha value is -5.37. The quantitative estimate of drug-likeness (QED) is 0.0985. The van der Waals surface area contributed by atoms with Gasteiger partial charge in [0.2, 0.25) is 5.78 Å². The van der Waals surface area contributed by atoms with Crippen LogP contribution in [0.5, 0.6) is 5.75 Å². The van der Waals surface area contributed by atoms with Gasteiger partial charge in [-0.05, 0) is 48.5 Å². The molecular weight excluding hydrogens is 496 g/mol. The van der Waals surface area contributed by atoms with Crippen molar-refractivity contribution < 1.29 is 24.0 Å². The standard InChI is InChI=1S/C31H22N2O6/c1-38-24-17-13-20(14-18-24)28-19-26(25-9-5-6-10-27(25)32-28)31(35)39-30(29(34)21-7-3-2-4-8-21)22-11-15-23(16-12-22)33(36)37/h2-19,30H,1H3/t30-/m1/s1. The van der Waals surface area contributed by atoms with Crippen LogP contribution in [-0.2, 0) is 4.74 Å². The molecule has 1 atom stereocenters. The van der Waals surface area contributed by atoms with Crippen molar-refractivity contribution >= 4 is 28.3 Å². The summed E-state index contributed by atoms with van der Waals surface area (Å²) in [6.07, 6.45) is -1.32. The van der Waals surface area contributed by atoms with Crippen LogP contribution < -0.4 is 4.74 Å². The van der Waals surface area contributed by atoms with Crippen molar-refractivity contribution in [2.24, 2.45) is 0 Å². The molecule has 0 unspecified atom stereocenters. The molecule has 1 aromatic heterocycles. The maximum absolute atomic E-state index is 13.7. The molecule has 0 aliphatic rings. The minimum Gasteiger partial charge on any atom is -0.497 e. The second-order valence-corrected chi connectivity index (χ2v) is 8.66. The Morgan fingerprint density at radius 2 is 1.51 bits per heavy atom. The number of rotatable bonds is 8. The molecule has 0 aliphatic heterocycles. The number of nitrogens with zero attached hydrogens (tertiary/aromatic N) is 2. The van der Waals surface area contributed by atoms with E-state index in [4.69, 9.17) is 14.5 Å². The summed E-state index contributed by atoms with van der Waals surface area (Å²) in [5.74, 6) is -0.493. The summed E-state index contributed by atoms with van der Waals surface area (Å²) in [7, 11) is 1.58. The molecular formula is C31H22N2O6. The van der Waals surface area contributed by atoms with Gasteiger partial charge in [-0.1, -0.05) is 48.5 Å². The molecule has 0 bridgehead atoms. The number of hydrogen-bond donors (Lipinski definition) is 0. The van der Waals surface area contributed by atoms with Crippen LogP contribution >= 0.6 is 0 Å². The van der Waals surface area contributed by atoms with E-state index in [9.17, 15) is 19.7 Å². The first-order valence-corrected chi connectivity index (χ1v) is 12.0. The Morgan fingerprint density at radius 1 is 0.846 bits per heavy atom. The van der Waals surface area contributed by atoms with Gasteiger partial charge >= 0.3 is 5.97 Å². The van der Waals surface area contributed by atoms with Crippen molar-refractivity contribution in [1.29, 1.82) is 0 Å². The number of non-ortho nitro benzene ring substituents is 1. The molecule has 8 heteroatoms. The van der Waals surface area contributed by atoms with Crippen LogP contribution in [0.1, 0.15) is 32.4 Å². The molecule has 39 heavy (non-hydrogen) atoms. The lowest BCUT2D eigenvalue weighted by Gasteiger charge is -2.18. The highest BCUT2D eigenvalue weighted by Crippen LogP contribution is 2.30. The Balaban J connectivity index is 1.56. The summed E-state index contributed by atoms with van der Waals surface area (Å²) in [6.45, 7) is 0. The average Bonchev–Trinajstić information content (AvgIpc) is 2.99. The predicted octanol–water partition coefficient (Wildman–Crippen LogP) is 6.60. The lowest BCUT2D eigenvalue weighted by molar-refractivity contribution is -0.384. The molecule has 0 saturated carbocycles. The van der Waals surface area contributed by atoms with Gasteiger partial charge in [0.15, 0.2) is 6.10 Å². The summed E-state index contributed by atoms with van der Waals surface area (Å²) in [4.78, 5) is 42.5. The number of para-hydroxylation sites is 1. The zero-order chi connectivity index (χ0) is 27.4. The number of carbonyl (C=O) groups excluding carboxylic acids is 2. The number of pyridine rings is 1. The number of benzene rings is 4. The molecule has 0 amide bonds. The molecule has 4 aromatic carbocycles. The van der Waals surface area contributed by atoms with E-state index in [0.717, 1.165) is 5.56 Å². The first-order valence-electron chi connectivity index (χ1n) is 12.0. The third-order valence-electron chi connectivity index (χ3n) is 6.25. The van der Waals surface area contributed by atoms with Gasteiger partial charge in [0.1, 0.15) is 5.75 Å². The van der Waals surface area contributed by atoms with E-state index in [2.05, 4.69) is 0 Å². The number of nitro benzene ring substituents is 1. The van der Waals surface area contributed by atoms with Crippen molar-refractivity contribution in [2.75, 3.05) is 7.11 Å². The van der Waals surface area contributed by atoms with Gasteiger partial charge in [-0.2, -0.15) is 0 Å². The van der Waals surface area contributed by atoms with Crippen LogP contribution in [0.25, 0.3) is 22.2 Å². The summed E-state index contributed by atoms with van der Waals surface area (Å²) in [5.41, 5.74) is 2.65. The van der Waals surface area contributed by atoms with Crippen molar-refractivity contribution in [3.63, 3.8) is 0 Å². The number of nitro groups is 1. The van der Waals surface area contributed by atoms with E-state index in [1.165, 1.54) is 24.3 Å². The van der Waals surface area contributed by atoms with E-state index in [1.54, 1.807) is 73.8 Å². The van der Waals surface area contributed by atoms with Crippen LogP contribution in [0.3, 0.4) is 0 Å². The third-order valence-corrected chi connectivity index (χ3v) is 6.25. The number of ketones is 1. The van der Waals surface area contributed by atoms with E-state index >= 15 is 0 Å². The highest BCUT2D eigenvalue weighted by molar-refractivity contribution is 6.07. The number of Topliss-reactive ketones (excluding diaryl/α,β-unsaturated/α-hetero) is 1. The van der Waals surface area contributed by atoms with Crippen molar-refractivity contribution in [1.82, 2.24) is 4.98 Å². The maximum atomic E-state index is 13.7. The second kappa shape index (κ2) is 10.9. The number of fused-ring (bicyclic) bond motifs is 1. The van der Waals surface area contributed by atoms with Gasteiger partial charge in [-0.15, -0.1) is 0 Å². The Labute approximate surface area is 223 Å².